The molecule has 2 heterocycles. The zero-order valence-corrected chi connectivity index (χ0v) is 21.5. The number of rotatable bonds is 6. The largest absolute Gasteiger partial charge is 0.391 e. The summed E-state index contributed by atoms with van der Waals surface area (Å²) in [4.78, 5) is 39.2. The number of nitrogens with one attached hydrogen (secondary N) is 1. The number of benzene rings is 2. The molecular formula is C28H27Cl2N3O4. The van der Waals surface area contributed by atoms with Gasteiger partial charge < -0.3 is 10.0 Å². The third-order valence-corrected chi connectivity index (χ3v) is 7.67. The van der Waals surface area contributed by atoms with Crippen molar-refractivity contribution in [3.63, 3.8) is 0 Å². The van der Waals surface area contributed by atoms with E-state index in [-0.39, 0.29) is 12.5 Å². The molecule has 3 aromatic rings. The van der Waals surface area contributed by atoms with Crippen molar-refractivity contribution in [3.8, 4) is 0 Å². The van der Waals surface area contributed by atoms with Crippen LogP contribution in [0.4, 0.5) is 0 Å². The van der Waals surface area contributed by atoms with Gasteiger partial charge in [0.05, 0.1) is 29.8 Å². The van der Waals surface area contributed by atoms with E-state index in [1.165, 1.54) is 0 Å². The number of carbonyl (C=O) groups is 2. The molecule has 0 unspecified atom stereocenters. The Kier molecular flexibility index (Phi) is 7.76. The van der Waals surface area contributed by atoms with Crippen LogP contribution in [-0.2, 0) is 16.2 Å². The molecule has 2 aliphatic rings. The Labute approximate surface area is 225 Å². The normalized spacial score (nSPS) is 23.4. The Hall–Kier alpha value is -2.97. The first-order valence-electron chi connectivity index (χ1n) is 12.3. The van der Waals surface area contributed by atoms with Crippen LogP contribution in [-0.4, -0.2) is 39.0 Å². The summed E-state index contributed by atoms with van der Waals surface area (Å²) >= 11 is 12.9. The maximum absolute atomic E-state index is 14.0. The van der Waals surface area contributed by atoms with E-state index >= 15 is 0 Å². The van der Waals surface area contributed by atoms with Gasteiger partial charge in [0.1, 0.15) is 6.61 Å². The van der Waals surface area contributed by atoms with Crippen LogP contribution in [0.5, 0.6) is 0 Å². The van der Waals surface area contributed by atoms with E-state index in [1.807, 2.05) is 6.07 Å². The molecule has 2 N–H and O–H groups in total. The number of amides is 2. The predicted molar refractivity (Wildman–Crippen MR) is 140 cm³/mol. The third kappa shape index (κ3) is 5.22. The van der Waals surface area contributed by atoms with Crippen molar-refractivity contribution in [3.05, 3.63) is 99.3 Å². The molecule has 192 valence electrons. The average molecular weight is 540 g/mol. The summed E-state index contributed by atoms with van der Waals surface area (Å²) in [7, 11) is 0. The zero-order chi connectivity index (χ0) is 25.9. The lowest BCUT2D eigenvalue weighted by Crippen LogP contribution is -2.55. The number of hydrogen-bond acceptors (Lipinski definition) is 5. The molecule has 5 rings (SSSR count). The zero-order valence-electron chi connectivity index (χ0n) is 20.0. The van der Waals surface area contributed by atoms with Crippen molar-refractivity contribution < 1.29 is 19.5 Å². The number of aliphatic hydroxyl groups is 1. The maximum Gasteiger partial charge on any atom is 0.255 e. The molecule has 7 nitrogen and oxygen atoms in total. The van der Waals surface area contributed by atoms with Gasteiger partial charge in [0.15, 0.2) is 0 Å². The number of hydrogen-bond donors (Lipinski definition) is 2. The Morgan fingerprint density at radius 3 is 2.59 bits per heavy atom. The average Bonchev–Trinajstić information content (AvgIpc) is 2.90. The fourth-order valence-corrected chi connectivity index (χ4v) is 5.94. The lowest BCUT2D eigenvalue weighted by atomic mass is 9.77. The molecule has 1 saturated carbocycles. The van der Waals surface area contributed by atoms with E-state index in [1.54, 1.807) is 65.7 Å². The van der Waals surface area contributed by atoms with Crippen LogP contribution in [0.25, 0.3) is 0 Å². The second-order valence-electron chi connectivity index (χ2n) is 9.38. The van der Waals surface area contributed by atoms with E-state index in [4.69, 9.17) is 28.0 Å². The van der Waals surface area contributed by atoms with Gasteiger partial charge in [-0.05, 0) is 54.3 Å². The fraction of sp³-hybridized carbons (Fsp3) is 0.321. The molecule has 1 aliphatic carbocycles. The van der Waals surface area contributed by atoms with Gasteiger partial charge in [-0.1, -0.05) is 66.4 Å². The highest BCUT2D eigenvalue weighted by molar-refractivity contribution is 6.35. The van der Waals surface area contributed by atoms with E-state index in [2.05, 4.69) is 10.5 Å². The molecule has 1 fully saturated rings. The summed E-state index contributed by atoms with van der Waals surface area (Å²) in [6.07, 6.45) is 3.91. The second kappa shape index (κ2) is 11.2. The van der Waals surface area contributed by atoms with Crippen molar-refractivity contribution in [1.82, 2.24) is 15.4 Å². The minimum atomic E-state index is -0.842. The molecule has 0 bridgehead atoms. The first-order valence-corrected chi connectivity index (χ1v) is 13.1. The van der Waals surface area contributed by atoms with Crippen molar-refractivity contribution >= 4 is 35.0 Å². The Balaban J connectivity index is 1.57. The SMILES string of the molecule is O=C(NOCc1ccccn1)[C@@H]1c2ccccc2C(=O)N([C@@H]2CCCC[C@H]2O)[C@H]1c1ccc(Cl)cc1Cl. The summed E-state index contributed by atoms with van der Waals surface area (Å²) in [6, 6.07) is 16.3. The molecule has 2 aromatic carbocycles. The smallest absolute Gasteiger partial charge is 0.255 e. The standard InChI is InChI=1S/C28H27Cl2N3O4/c29-17-12-13-21(22(30)15-17)26-25(27(35)32-37-16-18-7-5-6-14-31-18)19-8-1-2-9-20(19)28(36)33(26)23-10-3-4-11-24(23)34/h1-2,5-9,12-15,23-26,34H,3-4,10-11,16H2,(H,32,35)/t23-,24-,25-,26+/m1/s1. The van der Waals surface area contributed by atoms with Gasteiger partial charge in [-0.3, -0.25) is 19.4 Å². The molecule has 1 aromatic heterocycles. The summed E-state index contributed by atoms with van der Waals surface area (Å²) in [5.74, 6) is -1.51. The predicted octanol–water partition coefficient (Wildman–Crippen LogP) is 5.22. The minimum absolute atomic E-state index is 0.0807. The van der Waals surface area contributed by atoms with Crippen molar-refractivity contribution in [1.29, 1.82) is 0 Å². The minimum Gasteiger partial charge on any atom is -0.391 e. The molecular weight excluding hydrogens is 513 g/mol. The number of hydroxylamine groups is 1. The van der Waals surface area contributed by atoms with E-state index in [0.717, 1.165) is 12.8 Å². The molecule has 0 saturated heterocycles. The van der Waals surface area contributed by atoms with E-state index < -0.39 is 30.0 Å². The number of aliphatic hydroxyl groups excluding tert-OH is 1. The summed E-state index contributed by atoms with van der Waals surface area (Å²) in [5.41, 5.74) is 4.81. The van der Waals surface area contributed by atoms with Gasteiger partial charge in [-0.25, -0.2) is 5.48 Å². The van der Waals surface area contributed by atoms with Crippen molar-refractivity contribution in [2.45, 2.75) is 56.4 Å². The van der Waals surface area contributed by atoms with E-state index in [0.29, 0.717) is 45.3 Å². The summed E-state index contributed by atoms with van der Waals surface area (Å²) in [5, 5.41) is 11.8. The number of carbonyl (C=O) groups excluding carboxylic acids is 2. The quantitative estimate of drug-likeness (QED) is 0.419. The van der Waals surface area contributed by atoms with E-state index in [9.17, 15) is 14.7 Å². The first-order chi connectivity index (χ1) is 18.0. The van der Waals surface area contributed by atoms with Crippen LogP contribution in [0.3, 0.4) is 0 Å². The maximum atomic E-state index is 14.0. The Bertz CT molecular complexity index is 1290. The fourth-order valence-electron chi connectivity index (χ4n) is 5.42. The molecule has 37 heavy (non-hydrogen) atoms. The molecule has 0 radical (unpaired) electrons. The Morgan fingerprint density at radius 1 is 1.05 bits per heavy atom. The van der Waals surface area contributed by atoms with Gasteiger partial charge in [0.25, 0.3) is 11.8 Å². The monoisotopic (exact) mass is 539 g/mol. The van der Waals surface area contributed by atoms with Gasteiger partial charge in [-0.15, -0.1) is 0 Å². The number of fused-ring (bicyclic) bond motifs is 1. The molecule has 1 aliphatic heterocycles. The van der Waals surface area contributed by atoms with Crippen LogP contribution >= 0.6 is 23.2 Å². The van der Waals surface area contributed by atoms with Crippen LogP contribution in [0, 0.1) is 0 Å². The summed E-state index contributed by atoms with van der Waals surface area (Å²) < 4.78 is 0. The van der Waals surface area contributed by atoms with Gasteiger partial charge >= 0.3 is 0 Å². The summed E-state index contributed by atoms with van der Waals surface area (Å²) in [6.45, 7) is 0.0807. The Morgan fingerprint density at radius 2 is 1.84 bits per heavy atom. The number of pyridine rings is 1. The lowest BCUT2D eigenvalue weighted by molar-refractivity contribution is -0.138. The van der Waals surface area contributed by atoms with Crippen molar-refractivity contribution in [2.24, 2.45) is 0 Å². The molecule has 4 atom stereocenters. The number of halogens is 2. The topological polar surface area (TPSA) is 91.8 Å². The molecule has 2 amide bonds. The number of aromatic nitrogens is 1. The third-order valence-electron chi connectivity index (χ3n) is 7.11. The second-order valence-corrected chi connectivity index (χ2v) is 10.2. The molecule has 9 heteroatoms. The van der Waals surface area contributed by atoms with Crippen LogP contribution < -0.4 is 5.48 Å². The number of nitrogens with zero attached hydrogens (tertiary/aromatic N) is 2. The molecule has 0 spiro atoms. The highest BCUT2D eigenvalue weighted by Gasteiger charge is 2.49. The van der Waals surface area contributed by atoms with Crippen LogP contribution in [0.1, 0.15) is 64.8 Å². The van der Waals surface area contributed by atoms with Crippen molar-refractivity contribution in [2.75, 3.05) is 0 Å². The van der Waals surface area contributed by atoms with Gasteiger partial charge in [0.2, 0.25) is 0 Å². The van der Waals surface area contributed by atoms with Gasteiger partial charge in [0, 0.05) is 21.8 Å². The lowest BCUT2D eigenvalue weighted by Gasteiger charge is -2.48. The highest BCUT2D eigenvalue weighted by atomic mass is 35.5. The van der Waals surface area contributed by atoms with Gasteiger partial charge in [-0.2, -0.15) is 0 Å². The highest BCUT2D eigenvalue weighted by Crippen LogP contribution is 2.47. The van der Waals surface area contributed by atoms with Crippen LogP contribution in [0.15, 0.2) is 66.9 Å². The van der Waals surface area contributed by atoms with Crippen LogP contribution in [0.2, 0.25) is 10.0 Å². The first kappa shape index (κ1) is 25.7.